The molecule has 7 heteroatoms. The van der Waals surface area contributed by atoms with Gasteiger partial charge in [-0.3, -0.25) is 4.98 Å². The molecule has 2 aromatic heterocycles. The summed E-state index contributed by atoms with van der Waals surface area (Å²) in [6, 6.07) is 0. The van der Waals surface area contributed by atoms with Gasteiger partial charge in [-0.1, -0.05) is 11.6 Å². The summed E-state index contributed by atoms with van der Waals surface area (Å²) in [5, 5.41) is 10.6. The third kappa shape index (κ3) is 2.87. The summed E-state index contributed by atoms with van der Waals surface area (Å²) in [6.45, 7) is 1.28. The fraction of sp³-hybridized carbons (Fsp3) is 0.429. The van der Waals surface area contributed by atoms with E-state index in [0.29, 0.717) is 29.6 Å². The molecule has 0 radical (unpaired) electrons. The van der Waals surface area contributed by atoms with E-state index in [2.05, 4.69) is 15.0 Å². The van der Waals surface area contributed by atoms with Crippen LogP contribution < -0.4 is 4.90 Å². The van der Waals surface area contributed by atoms with Crippen molar-refractivity contribution in [1.82, 2.24) is 15.0 Å². The maximum Gasteiger partial charge on any atom is 0.166 e. The molecule has 0 amide bonds. The molecule has 3 heterocycles. The minimum atomic E-state index is -0.611. The quantitative estimate of drug-likeness (QED) is 0.914. The van der Waals surface area contributed by atoms with E-state index in [1.54, 1.807) is 12.4 Å². The Kier molecular flexibility index (Phi) is 4.07. The number of imidazole rings is 1. The molecule has 1 aliphatic rings. The van der Waals surface area contributed by atoms with Gasteiger partial charge in [0.25, 0.3) is 0 Å². The monoisotopic (exact) mass is 310 g/mol. The average molecular weight is 311 g/mol. The van der Waals surface area contributed by atoms with Gasteiger partial charge in [0.1, 0.15) is 11.9 Å². The predicted molar refractivity (Wildman–Crippen MR) is 77.7 cm³/mol. The van der Waals surface area contributed by atoms with Crippen molar-refractivity contribution in [2.75, 3.05) is 18.0 Å². The van der Waals surface area contributed by atoms with E-state index in [0.717, 1.165) is 12.8 Å². The first-order valence-corrected chi connectivity index (χ1v) is 7.26. The van der Waals surface area contributed by atoms with E-state index < -0.39 is 11.9 Å². The number of H-pyrrole nitrogens is 1. The number of nitrogens with zero attached hydrogens (tertiary/aromatic N) is 3. The van der Waals surface area contributed by atoms with Crippen molar-refractivity contribution >= 4 is 17.3 Å². The first kappa shape index (κ1) is 14.3. The number of halogens is 2. The lowest BCUT2D eigenvalue weighted by Crippen LogP contribution is -2.36. The minimum absolute atomic E-state index is 0.107. The summed E-state index contributed by atoms with van der Waals surface area (Å²) in [4.78, 5) is 12.7. The molecule has 0 spiro atoms. The van der Waals surface area contributed by atoms with Gasteiger partial charge in [-0.2, -0.15) is 0 Å². The molecular weight excluding hydrogens is 295 g/mol. The zero-order chi connectivity index (χ0) is 14.8. The maximum atomic E-state index is 13.9. The van der Waals surface area contributed by atoms with Crippen LogP contribution in [0.3, 0.4) is 0 Å². The standard InChI is InChI=1S/C14H16ClFN4O/c15-10-7-17-8-11(16)12(10)20-5-1-9(2-6-20)13(21)14-18-3-4-19-14/h3-4,7-9,13,21H,1-2,5-6H2,(H,18,19). The highest BCUT2D eigenvalue weighted by Crippen LogP contribution is 2.34. The third-order valence-electron chi connectivity index (χ3n) is 3.93. The Labute approximate surface area is 126 Å². The molecule has 0 saturated carbocycles. The van der Waals surface area contributed by atoms with Crippen molar-refractivity contribution in [3.05, 3.63) is 41.5 Å². The van der Waals surface area contributed by atoms with Crippen LogP contribution >= 0.6 is 11.6 Å². The Morgan fingerprint density at radius 3 is 2.76 bits per heavy atom. The Balaban J connectivity index is 1.68. The van der Waals surface area contributed by atoms with E-state index in [1.807, 2.05) is 4.90 Å². The molecule has 0 bridgehead atoms. The molecule has 1 fully saturated rings. The number of aliphatic hydroxyl groups is 1. The summed E-state index contributed by atoms with van der Waals surface area (Å²) in [6.07, 6.45) is 6.83. The second kappa shape index (κ2) is 5.99. The lowest BCUT2D eigenvalue weighted by atomic mass is 9.90. The van der Waals surface area contributed by atoms with Crippen LogP contribution in [0.25, 0.3) is 0 Å². The van der Waals surface area contributed by atoms with Crippen molar-refractivity contribution in [3.63, 3.8) is 0 Å². The summed E-state index contributed by atoms with van der Waals surface area (Å²) in [5.74, 6) is 0.283. The molecule has 1 aliphatic heterocycles. The molecule has 1 unspecified atom stereocenters. The highest BCUT2D eigenvalue weighted by atomic mass is 35.5. The van der Waals surface area contributed by atoms with E-state index in [1.165, 1.54) is 12.4 Å². The lowest BCUT2D eigenvalue weighted by Gasteiger charge is -2.35. The van der Waals surface area contributed by atoms with Gasteiger partial charge in [0.05, 0.1) is 16.9 Å². The van der Waals surface area contributed by atoms with Crippen molar-refractivity contribution in [3.8, 4) is 0 Å². The van der Waals surface area contributed by atoms with Crippen LogP contribution in [0.1, 0.15) is 24.8 Å². The number of rotatable bonds is 3. The Bertz CT molecular complexity index is 579. The minimum Gasteiger partial charge on any atom is -0.385 e. The largest absolute Gasteiger partial charge is 0.385 e. The van der Waals surface area contributed by atoms with Crippen LogP contribution in [-0.2, 0) is 0 Å². The van der Waals surface area contributed by atoms with Crippen LogP contribution in [0.15, 0.2) is 24.8 Å². The van der Waals surface area contributed by atoms with Gasteiger partial charge in [-0.25, -0.2) is 9.37 Å². The van der Waals surface area contributed by atoms with E-state index >= 15 is 0 Å². The second-order valence-electron chi connectivity index (χ2n) is 5.20. The van der Waals surface area contributed by atoms with E-state index in [9.17, 15) is 9.50 Å². The predicted octanol–water partition coefficient (Wildman–Crippen LogP) is 2.55. The Morgan fingerprint density at radius 2 is 2.14 bits per heavy atom. The van der Waals surface area contributed by atoms with E-state index in [-0.39, 0.29) is 5.92 Å². The van der Waals surface area contributed by atoms with Gasteiger partial charge in [0, 0.05) is 31.7 Å². The molecule has 0 aromatic carbocycles. The summed E-state index contributed by atoms with van der Waals surface area (Å²) >= 11 is 6.03. The van der Waals surface area contributed by atoms with Crippen LogP contribution in [0.2, 0.25) is 5.02 Å². The SMILES string of the molecule is OC(c1ncc[nH]1)C1CCN(c2c(F)cncc2Cl)CC1. The van der Waals surface area contributed by atoms with Crippen LogP contribution in [0.5, 0.6) is 0 Å². The molecule has 3 rings (SSSR count). The van der Waals surface area contributed by atoms with Crippen molar-refractivity contribution in [2.45, 2.75) is 18.9 Å². The number of aliphatic hydroxyl groups excluding tert-OH is 1. The zero-order valence-corrected chi connectivity index (χ0v) is 12.1. The second-order valence-corrected chi connectivity index (χ2v) is 5.60. The molecule has 2 aromatic rings. The molecule has 0 aliphatic carbocycles. The summed E-state index contributed by atoms with van der Waals surface area (Å²) in [5.41, 5.74) is 0.401. The molecule has 112 valence electrons. The number of piperidine rings is 1. The Hall–Kier alpha value is -1.66. The molecule has 1 saturated heterocycles. The highest BCUT2D eigenvalue weighted by Gasteiger charge is 2.29. The van der Waals surface area contributed by atoms with Gasteiger partial charge < -0.3 is 15.0 Å². The van der Waals surface area contributed by atoms with Crippen molar-refractivity contribution in [2.24, 2.45) is 5.92 Å². The topological polar surface area (TPSA) is 65.0 Å². The number of aromatic nitrogens is 3. The fourth-order valence-corrected chi connectivity index (χ4v) is 3.07. The van der Waals surface area contributed by atoms with E-state index in [4.69, 9.17) is 11.6 Å². The molecular formula is C14H16ClFN4O. The molecule has 2 N–H and O–H groups in total. The number of hydrogen-bond donors (Lipinski definition) is 2. The fourth-order valence-electron chi connectivity index (χ4n) is 2.81. The van der Waals surface area contributed by atoms with Gasteiger partial charge in [-0.05, 0) is 18.8 Å². The number of aromatic amines is 1. The van der Waals surface area contributed by atoms with Crippen LogP contribution in [0, 0.1) is 11.7 Å². The number of anilines is 1. The third-order valence-corrected chi connectivity index (χ3v) is 4.21. The van der Waals surface area contributed by atoms with Gasteiger partial charge in [0.15, 0.2) is 5.82 Å². The highest BCUT2D eigenvalue weighted by molar-refractivity contribution is 6.33. The van der Waals surface area contributed by atoms with Crippen LogP contribution in [0.4, 0.5) is 10.1 Å². The van der Waals surface area contributed by atoms with Gasteiger partial charge in [0.2, 0.25) is 0 Å². The van der Waals surface area contributed by atoms with Crippen molar-refractivity contribution < 1.29 is 9.50 Å². The summed E-state index contributed by atoms with van der Waals surface area (Å²) in [7, 11) is 0. The number of hydrogen-bond acceptors (Lipinski definition) is 4. The number of nitrogens with one attached hydrogen (secondary N) is 1. The summed E-state index contributed by atoms with van der Waals surface area (Å²) < 4.78 is 13.9. The van der Waals surface area contributed by atoms with Gasteiger partial charge >= 0.3 is 0 Å². The first-order chi connectivity index (χ1) is 10.2. The zero-order valence-electron chi connectivity index (χ0n) is 11.3. The average Bonchev–Trinajstić information content (AvgIpc) is 3.01. The normalized spacial score (nSPS) is 18.0. The number of pyridine rings is 1. The first-order valence-electron chi connectivity index (χ1n) is 6.88. The Morgan fingerprint density at radius 1 is 1.38 bits per heavy atom. The smallest absolute Gasteiger partial charge is 0.166 e. The lowest BCUT2D eigenvalue weighted by molar-refractivity contribution is 0.0856. The molecule has 21 heavy (non-hydrogen) atoms. The molecule has 5 nitrogen and oxygen atoms in total. The van der Waals surface area contributed by atoms with Gasteiger partial charge in [-0.15, -0.1) is 0 Å². The maximum absolute atomic E-state index is 13.9. The van der Waals surface area contributed by atoms with Crippen molar-refractivity contribution in [1.29, 1.82) is 0 Å². The van der Waals surface area contributed by atoms with Crippen LogP contribution in [-0.4, -0.2) is 33.1 Å². The molecule has 1 atom stereocenters.